The summed E-state index contributed by atoms with van der Waals surface area (Å²) in [5.74, 6) is 0.0331. The predicted octanol–water partition coefficient (Wildman–Crippen LogP) is 4.69. The summed E-state index contributed by atoms with van der Waals surface area (Å²) >= 11 is 1.49. The molecule has 0 atom stereocenters. The van der Waals surface area contributed by atoms with Gasteiger partial charge in [0.1, 0.15) is 11.6 Å². The largest absolute Gasteiger partial charge is 0.497 e. The van der Waals surface area contributed by atoms with Gasteiger partial charge in [-0.25, -0.2) is 4.39 Å². The molecule has 140 valence electrons. The van der Waals surface area contributed by atoms with Gasteiger partial charge in [0.25, 0.3) is 5.91 Å². The Kier molecular flexibility index (Phi) is 5.86. The number of hydrogen-bond acceptors (Lipinski definition) is 3. The predicted molar refractivity (Wildman–Crippen MR) is 106 cm³/mol. The van der Waals surface area contributed by atoms with Crippen LogP contribution < -0.4 is 9.54 Å². The van der Waals surface area contributed by atoms with E-state index in [1.807, 2.05) is 11.5 Å². The molecule has 0 saturated carbocycles. The molecule has 27 heavy (non-hydrogen) atoms. The molecule has 1 aromatic heterocycles. The van der Waals surface area contributed by atoms with Crippen LogP contribution in [0, 0.1) is 5.82 Å². The molecule has 2 aromatic carbocycles. The molecular weight excluding hydrogens is 363 g/mol. The molecule has 0 spiro atoms. The van der Waals surface area contributed by atoms with E-state index in [0.717, 1.165) is 22.6 Å². The van der Waals surface area contributed by atoms with Crippen LogP contribution in [0.25, 0.3) is 11.3 Å². The first kappa shape index (κ1) is 19.0. The van der Waals surface area contributed by atoms with Crippen molar-refractivity contribution in [2.75, 3.05) is 7.11 Å². The van der Waals surface area contributed by atoms with Crippen molar-refractivity contribution in [2.24, 2.45) is 4.99 Å². The quantitative estimate of drug-likeness (QED) is 0.641. The zero-order valence-corrected chi connectivity index (χ0v) is 16.3. The number of amides is 1. The fraction of sp³-hybridized carbons (Fsp3) is 0.238. The van der Waals surface area contributed by atoms with Gasteiger partial charge in [0.05, 0.1) is 12.8 Å². The first-order valence-corrected chi connectivity index (χ1v) is 9.60. The molecular formula is C21H21FN2O2S. The SMILES string of the molecule is CCc1sc(=NC(=O)c2cccc(OC)c2)n(CC)c1-c1ccc(F)cc1. The second kappa shape index (κ2) is 8.31. The van der Waals surface area contributed by atoms with Crippen molar-refractivity contribution < 1.29 is 13.9 Å². The molecule has 0 bridgehead atoms. The van der Waals surface area contributed by atoms with E-state index in [9.17, 15) is 9.18 Å². The van der Waals surface area contributed by atoms with Gasteiger partial charge < -0.3 is 9.30 Å². The summed E-state index contributed by atoms with van der Waals surface area (Å²) in [6.45, 7) is 4.73. The minimum Gasteiger partial charge on any atom is -0.497 e. The van der Waals surface area contributed by atoms with Crippen LogP contribution in [-0.2, 0) is 13.0 Å². The molecule has 0 N–H and O–H groups in total. The van der Waals surface area contributed by atoms with Crippen molar-refractivity contribution in [1.82, 2.24) is 4.57 Å². The lowest BCUT2D eigenvalue weighted by Crippen LogP contribution is -2.17. The minimum atomic E-state index is -0.314. The number of benzene rings is 2. The first-order chi connectivity index (χ1) is 13.1. The van der Waals surface area contributed by atoms with E-state index in [1.165, 1.54) is 23.5 Å². The van der Waals surface area contributed by atoms with Crippen LogP contribution in [0.1, 0.15) is 29.1 Å². The smallest absolute Gasteiger partial charge is 0.279 e. The number of nitrogens with zero attached hydrogens (tertiary/aromatic N) is 2. The highest BCUT2D eigenvalue weighted by molar-refractivity contribution is 7.09. The Morgan fingerprint density at radius 1 is 1.19 bits per heavy atom. The summed E-state index contributed by atoms with van der Waals surface area (Å²) in [4.78, 5) is 18.8. The Hall–Kier alpha value is -2.73. The molecule has 3 aromatic rings. The number of thiazole rings is 1. The molecule has 0 aliphatic heterocycles. The number of methoxy groups -OCH3 is 1. The second-order valence-electron chi connectivity index (χ2n) is 5.91. The number of aromatic nitrogens is 1. The number of rotatable bonds is 5. The molecule has 0 saturated heterocycles. The van der Waals surface area contributed by atoms with E-state index in [1.54, 1.807) is 43.5 Å². The van der Waals surface area contributed by atoms with Crippen LogP contribution in [0.5, 0.6) is 5.75 Å². The van der Waals surface area contributed by atoms with Crippen LogP contribution >= 0.6 is 11.3 Å². The first-order valence-electron chi connectivity index (χ1n) is 8.78. The number of aryl methyl sites for hydroxylation is 1. The highest BCUT2D eigenvalue weighted by atomic mass is 32.1. The molecule has 6 heteroatoms. The Balaban J connectivity index is 2.11. The molecule has 1 heterocycles. The van der Waals surface area contributed by atoms with Gasteiger partial charge in [0.15, 0.2) is 4.80 Å². The minimum absolute atomic E-state index is 0.270. The van der Waals surface area contributed by atoms with E-state index < -0.39 is 0 Å². The lowest BCUT2D eigenvalue weighted by atomic mass is 10.1. The average molecular weight is 384 g/mol. The van der Waals surface area contributed by atoms with E-state index >= 15 is 0 Å². The van der Waals surface area contributed by atoms with Gasteiger partial charge in [-0.05, 0) is 61.4 Å². The summed E-state index contributed by atoms with van der Waals surface area (Å²) in [7, 11) is 1.56. The van der Waals surface area contributed by atoms with Crippen molar-refractivity contribution in [3.63, 3.8) is 0 Å². The summed E-state index contributed by atoms with van der Waals surface area (Å²) in [6.07, 6.45) is 0.806. The molecule has 1 amide bonds. The monoisotopic (exact) mass is 384 g/mol. The summed E-state index contributed by atoms with van der Waals surface area (Å²) in [6, 6.07) is 13.4. The number of ether oxygens (including phenoxy) is 1. The molecule has 0 unspecified atom stereocenters. The van der Waals surface area contributed by atoms with Gasteiger partial charge in [0.2, 0.25) is 0 Å². The highest BCUT2D eigenvalue weighted by Gasteiger charge is 2.15. The highest BCUT2D eigenvalue weighted by Crippen LogP contribution is 2.27. The van der Waals surface area contributed by atoms with E-state index in [-0.39, 0.29) is 11.7 Å². The Labute approximate surface area is 161 Å². The summed E-state index contributed by atoms with van der Waals surface area (Å²) < 4.78 is 20.5. The number of carbonyl (C=O) groups is 1. The number of halogens is 1. The maximum atomic E-state index is 13.3. The summed E-state index contributed by atoms with van der Waals surface area (Å²) in [5.41, 5.74) is 2.38. The molecule has 0 aliphatic rings. The lowest BCUT2D eigenvalue weighted by molar-refractivity contribution is 0.0997. The van der Waals surface area contributed by atoms with Gasteiger partial charge in [-0.3, -0.25) is 4.79 Å². The van der Waals surface area contributed by atoms with E-state index in [0.29, 0.717) is 22.7 Å². The third-order valence-corrected chi connectivity index (χ3v) is 5.47. The van der Waals surface area contributed by atoms with Gasteiger partial charge in [-0.1, -0.05) is 13.0 Å². The zero-order valence-electron chi connectivity index (χ0n) is 15.5. The van der Waals surface area contributed by atoms with Gasteiger partial charge in [-0.2, -0.15) is 4.99 Å². The maximum absolute atomic E-state index is 13.3. The number of carbonyl (C=O) groups excluding carboxylic acids is 1. The van der Waals surface area contributed by atoms with Crippen molar-refractivity contribution in [3.05, 3.63) is 69.6 Å². The average Bonchev–Trinajstić information content (AvgIpc) is 3.05. The second-order valence-corrected chi connectivity index (χ2v) is 6.97. The lowest BCUT2D eigenvalue weighted by Gasteiger charge is -2.08. The van der Waals surface area contributed by atoms with Crippen LogP contribution in [-0.4, -0.2) is 17.6 Å². The van der Waals surface area contributed by atoms with E-state index in [2.05, 4.69) is 11.9 Å². The molecule has 4 nitrogen and oxygen atoms in total. The van der Waals surface area contributed by atoms with Gasteiger partial charge in [-0.15, -0.1) is 11.3 Å². The van der Waals surface area contributed by atoms with Gasteiger partial charge >= 0.3 is 0 Å². The van der Waals surface area contributed by atoms with Crippen LogP contribution in [0.15, 0.2) is 53.5 Å². The molecule has 3 rings (SSSR count). The van der Waals surface area contributed by atoms with E-state index in [4.69, 9.17) is 4.74 Å². The fourth-order valence-electron chi connectivity index (χ4n) is 2.91. The van der Waals surface area contributed by atoms with Crippen LogP contribution in [0.4, 0.5) is 4.39 Å². The molecule has 0 fully saturated rings. The van der Waals surface area contributed by atoms with Crippen LogP contribution in [0.3, 0.4) is 0 Å². The topological polar surface area (TPSA) is 43.6 Å². The molecule has 0 radical (unpaired) electrons. The summed E-state index contributed by atoms with van der Waals surface area (Å²) in [5, 5.41) is 0. The third kappa shape index (κ3) is 4.01. The Bertz CT molecular complexity index is 1020. The van der Waals surface area contributed by atoms with Gasteiger partial charge in [0, 0.05) is 17.0 Å². The van der Waals surface area contributed by atoms with Crippen molar-refractivity contribution in [2.45, 2.75) is 26.8 Å². The van der Waals surface area contributed by atoms with Crippen molar-refractivity contribution >= 4 is 17.2 Å². The standard InChI is InChI=1S/C21H21FN2O2S/c1-4-18-19(14-9-11-16(22)12-10-14)24(5-2)21(27-18)23-20(25)15-7-6-8-17(13-15)26-3/h6-13H,4-5H2,1-3H3. The third-order valence-electron chi connectivity index (χ3n) is 4.25. The van der Waals surface area contributed by atoms with Crippen molar-refractivity contribution in [3.8, 4) is 17.0 Å². The fourth-order valence-corrected chi connectivity index (χ4v) is 4.06. The Morgan fingerprint density at radius 3 is 2.56 bits per heavy atom. The number of hydrogen-bond donors (Lipinski definition) is 0. The zero-order chi connectivity index (χ0) is 19.4. The van der Waals surface area contributed by atoms with Crippen molar-refractivity contribution in [1.29, 1.82) is 0 Å². The Morgan fingerprint density at radius 2 is 1.93 bits per heavy atom. The van der Waals surface area contributed by atoms with Crippen LogP contribution in [0.2, 0.25) is 0 Å². The molecule has 0 aliphatic carbocycles. The normalized spacial score (nSPS) is 11.6. The maximum Gasteiger partial charge on any atom is 0.279 e.